The fourth-order valence-electron chi connectivity index (χ4n) is 3.22. The van der Waals surface area contributed by atoms with Gasteiger partial charge in [-0.05, 0) is 60.7 Å². The topological polar surface area (TPSA) is 137 Å². The van der Waals surface area contributed by atoms with Gasteiger partial charge in [-0.3, -0.25) is 0 Å². The number of rotatable bonds is 9. The Bertz CT molecular complexity index is 1640. The van der Waals surface area contributed by atoms with Gasteiger partial charge in [-0.2, -0.15) is 16.8 Å². The van der Waals surface area contributed by atoms with Crippen LogP contribution in [0.3, 0.4) is 0 Å². The molecule has 0 bridgehead atoms. The lowest BCUT2D eigenvalue weighted by Gasteiger charge is -2.11. The van der Waals surface area contributed by atoms with E-state index in [1.165, 1.54) is 79.9 Å². The highest BCUT2D eigenvalue weighted by atomic mass is 32.2. The van der Waals surface area contributed by atoms with Crippen molar-refractivity contribution in [2.24, 2.45) is 0 Å². The lowest BCUT2D eigenvalue weighted by Crippen LogP contribution is -2.19. The zero-order valence-electron chi connectivity index (χ0n) is 19.9. The Morgan fingerprint density at radius 1 is 0.579 bits per heavy atom. The molecule has 12 heteroatoms. The van der Waals surface area contributed by atoms with Crippen molar-refractivity contribution in [2.45, 2.75) is 9.79 Å². The van der Waals surface area contributed by atoms with E-state index >= 15 is 0 Å². The van der Waals surface area contributed by atoms with Gasteiger partial charge in [-0.1, -0.05) is 30.3 Å². The Hall–Kier alpha value is -4.55. The third kappa shape index (κ3) is 6.81. The first-order valence-corrected chi connectivity index (χ1v) is 13.8. The lowest BCUT2D eigenvalue weighted by atomic mass is 10.3. The predicted octanol–water partition coefficient (Wildman–Crippen LogP) is 4.87. The van der Waals surface area contributed by atoms with Gasteiger partial charge in [-0.15, -0.1) is 0 Å². The number of anilines is 2. The van der Waals surface area contributed by atoms with Crippen molar-refractivity contribution in [1.29, 1.82) is 0 Å². The molecule has 0 heterocycles. The molecule has 2 N–H and O–H groups in total. The van der Waals surface area contributed by atoms with E-state index in [4.69, 9.17) is 13.1 Å². The summed E-state index contributed by atoms with van der Waals surface area (Å²) in [6.45, 7) is 0. The molecule has 0 radical (unpaired) electrons. The fraction of sp³-hybridized carbons (Fsp3) is 0.0385. The van der Waals surface area contributed by atoms with Crippen LogP contribution in [0, 0.1) is 0 Å². The summed E-state index contributed by atoms with van der Waals surface area (Å²) in [7, 11) is -6.70. The van der Waals surface area contributed by atoms with Crippen LogP contribution in [-0.4, -0.2) is 30.0 Å². The first kappa shape index (κ1) is 26.5. The van der Waals surface area contributed by atoms with Crippen LogP contribution in [0.2, 0.25) is 0 Å². The summed E-state index contributed by atoms with van der Waals surface area (Å²) in [5.41, 5.74) is 0.516. The number of amides is 2. The first-order valence-electron chi connectivity index (χ1n) is 11.0. The Kier molecular flexibility index (Phi) is 7.84. The average Bonchev–Trinajstić information content (AvgIpc) is 2.89. The van der Waals surface area contributed by atoms with Gasteiger partial charge >= 0.3 is 26.3 Å². The van der Waals surface area contributed by atoms with Crippen molar-refractivity contribution in [3.63, 3.8) is 0 Å². The molecule has 0 aliphatic carbocycles. The number of methoxy groups -OCH3 is 1. The molecule has 10 nitrogen and oxygen atoms in total. The van der Waals surface area contributed by atoms with Gasteiger partial charge in [0.05, 0.1) is 7.11 Å². The Morgan fingerprint density at radius 3 is 1.53 bits per heavy atom. The second-order valence-corrected chi connectivity index (χ2v) is 10.8. The molecule has 0 saturated heterocycles. The molecule has 0 aliphatic heterocycles. The Balaban J connectivity index is 1.40. The molecule has 2 amide bonds. The number of urea groups is 1. The number of hydrogen-bond donors (Lipinski definition) is 2. The van der Waals surface area contributed by atoms with Crippen molar-refractivity contribution in [3.8, 4) is 17.2 Å². The maximum Gasteiger partial charge on any atom is 0.339 e. The smallest absolute Gasteiger partial charge is 0.339 e. The number of benzene rings is 4. The van der Waals surface area contributed by atoms with Gasteiger partial charge in [-0.25, -0.2) is 4.79 Å². The van der Waals surface area contributed by atoms with Crippen molar-refractivity contribution in [2.75, 3.05) is 17.7 Å². The molecular formula is C26H22N2O8S2. The normalized spacial score (nSPS) is 11.3. The molecule has 4 aromatic carbocycles. The van der Waals surface area contributed by atoms with Crippen LogP contribution in [0.25, 0.3) is 0 Å². The van der Waals surface area contributed by atoms with E-state index < -0.39 is 26.3 Å². The Labute approximate surface area is 220 Å². The minimum absolute atomic E-state index is 0.00536. The summed E-state index contributed by atoms with van der Waals surface area (Å²) in [6, 6.07) is 24.4. The van der Waals surface area contributed by atoms with E-state index in [0.29, 0.717) is 5.75 Å². The third-order valence-electron chi connectivity index (χ3n) is 4.98. The van der Waals surface area contributed by atoms with E-state index in [0.717, 1.165) is 0 Å². The molecule has 0 unspecified atom stereocenters. The predicted molar refractivity (Wildman–Crippen MR) is 141 cm³/mol. The summed E-state index contributed by atoms with van der Waals surface area (Å²) in [4.78, 5) is 12.5. The number of nitrogens with one attached hydrogen (secondary N) is 2. The second kappa shape index (κ2) is 11.2. The van der Waals surface area contributed by atoms with Crippen LogP contribution in [0.5, 0.6) is 17.2 Å². The second-order valence-electron chi connectivity index (χ2n) is 7.70. The third-order valence-corrected chi connectivity index (χ3v) is 7.50. The SMILES string of the molecule is COc1ccc(S(=O)(=O)Oc2cccc(NC(=O)Nc3cccc(OS(=O)(=O)c4ccccc4)c3)c2)cc1. The van der Waals surface area contributed by atoms with Crippen LogP contribution in [-0.2, 0) is 20.2 Å². The number of hydrogen-bond acceptors (Lipinski definition) is 8. The summed E-state index contributed by atoms with van der Waals surface area (Å²) in [5.74, 6) is 0.488. The fourth-order valence-corrected chi connectivity index (χ4v) is 5.09. The molecule has 0 atom stereocenters. The summed E-state index contributed by atoms with van der Waals surface area (Å²) in [5, 5.41) is 5.13. The van der Waals surface area contributed by atoms with Crippen molar-refractivity contribution < 1.29 is 34.7 Å². The molecule has 196 valence electrons. The minimum atomic E-state index is -4.12. The van der Waals surface area contributed by atoms with E-state index in [1.807, 2.05) is 0 Å². The van der Waals surface area contributed by atoms with Gasteiger partial charge < -0.3 is 23.7 Å². The molecule has 4 rings (SSSR count). The maximum atomic E-state index is 12.6. The van der Waals surface area contributed by atoms with Crippen LogP contribution < -0.4 is 23.7 Å². The highest BCUT2D eigenvalue weighted by Gasteiger charge is 2.18. The lowest BCUT2D eigenvalue weighted by molar-refractivity contribution is 0.262. The molecule has 0 saturated carbocycles. The highest BCUT2D eigenvalue weighted by molar-refractivity contribution is 7.87. The van der Waals surface area contributed by atoms with E-state index in [9.17, 15) is 21.6 Å². The molecule has 0 aliphatic rings. The van der Waals surface area contributed by atoms with Gasteiger partial charge in [0, 0.05) is 23.5 Å². The number of carbonyl (C=O) groups excluding carboxylic acids is 1. The first-order chi connectivity index (χ1) is 18.1. The molecular weight excluding hydrogens is 532 g/mol. The van der Waals surface area contributed by atoms with Crippen LogP contribution >= 0.6 is 0 Å². The zero-order valence-corrected chi connectivity index (χ0v) is 21.5. The number of carbonyl (C=O) groups is 1. The summed E-state index contributed by atoms with van der Waals surface area (Å²) in [6.07, 6.45) is 0. The standard InChI is InChI=1S/C26H22N2O8S2/c1-34-21-13-15-25(16-14-21)38(32,33)36-23-10-6-8-20(18-23)28-26(29)27-19-7-5-9-22(17-19)35-37(30,31)24-11-3-2-4-12-24/h2-18H,1H3,(H2,27,28,29). The van der Waals surface area contributed by atoms with Crippen LogP contribution in [0.15, 0.2) is 113 Å². The monoisotopic (exact) mass is 554 g/mol. The molecule has 38 heavy (non-hydrogen) atoms. The summed E-state index contributed by atoms with van der Waals surface area (Å²) >= 11 is 0. The maximum absolute atomic E-state index is 12.6. The minimum Gasteiger partial charge on any atom is -0.497 e. The van der Waals surface area contributed by atoms with Crippen molar-refractivity contribution in [1.82, 2.24) is 0 Å². The van der Waals surface area contributed by atoms with E-state index in [-0.39, 0.29) is 32.7 Å². The van der Waals surface area contributed by atoms with Gasteiger partial charge in [0.15, 0.2) is 0 Å². The molecule has 4 aromatic rings. The highest BCUT2D eigenvalue weighted by Crippen LogP contribution is 2.25. The number of ether oxygens (including phenoxy) is 1. The van der Waals surface area contributed by atoms with Crippen LogP contribution in [0.4, 0.5) is 16.2 Å². The van der Waals surface area contributed by atoms with Gasteiger partial charge in [0.1, 0.15) is 27.0 Å². The zero-order chi connectivity index (χ0) is 27.2. The quantitative estimate of drug-likeness (QED) is 0.280. The molecule has 0 spiro atoms. The average molecular weight is 555 g/mol. The largest absolute Gasteiger partial charge is 0.497 e. The van der Waals surface area contributed by atoms with Crippen molar-refractivity contribution >= 4 is 37.6 Å². The van der Waals surface area contributed by atoms with E-state index in [2.05, 4.69) is 10.6 Å². The Morgan fingerprint density at radius 2 is 1.05 bits per heavy atom. The van der Waals surface area contributed by atoms with Crippen LogP contribution in [0.1, 0.15) is 0 Å². The molecule has 0 aromatic heterocycles. The van der Waals surface area contributed by atoms with Gasteiger partial charge in [0.2, 0.25) is 0 Å². The van der Waals surface area contributed by atoms with Crippen molar-refractivity contribution in [3.05, 3.63) is 103 Å². The summed E-state index contributed by atoms with van der Waals surface area (Å²) < 4.78 is 65.4. The van der Waals surface area contributed by atoms with E-state index in [1.54, 1.807) is 30.3 Å². The molecule has 0 fully saturated rings. The van der Waals surface area contributed by atoms with Gasteiger partial charge in [0.25, 0.3) is 0 Å².